The Morgan fingerprint density at radius 3 is 2.94 bits per heavy atom. The quantitative estimate of drug-likeness (QED) is 0.860. The van der Waals surface area contributed by atoms with Crippen molar-refractivity contribution in [1.29, 1.82) is 0 Å². The summed E-state index contributed by atoms with van der Waals surface area (Å²) in [7, 11) is 1.83. The number of hydrogen-bond acceptors (Lipinski definition) is 4. The topological polar surface area (TPSA) is 80.0 Å². The number of nitrogens with zero attached hydrogens (tertiary/aromatic N) is 3. The van der Waals surface area contributed by atoms with Crippen molar-refractivity contribution in [2.24, 2.45) is 7.05 Å². The van der Waals surface area contributed by atoms with Crippen LogP contribution in [0.3, 0.4) is 0 Å². The van der Waals surface area contributed by atoms with E-state index in [4.69, 9.17) is 5.11 Å². The van der Waals surface area contributed by atoms with Gasteiger partial charge < -0.3 is 10.4 Å². The van der Waals surface area contributed by atoms with Crippen molar-refractivity contribution in [2.45, 2.75) is 13.3 Å². The van der Waals surface area contributed by atoms with Crippen LogP contribution in [0.15, 0.2) is 24.7 Å². The summed E-state index contributed by atoms with van der Waals surface area (Å²) in [6.45, 7) is 2.00. The maximum Gasteiger partial charge on any atom is 0.339 e. The van der Waals surface area contributed by atoms with Gasteiger partial charge in [0.1, 0.15) is 5.56 Å². The number of aromatic carboxylic acids is 1. The molecule has 0 aliphatic carbocycles. The third-order valence-corrected chi connectivity index (χ3v) is 2.56. The van der Waals surface area contributed by atoms with Crippen molar-refractivity contribution < 1.29 is 9.90 Å². The van der Waals surface area contributed by atoms with E-state index in [1.807, 2.05) is 20.2 Å². The average Bonchev–Trinajstić information content (AvgIpc) is 2.70. The van der Waals surface area contributed by atoms with E-state index in [-0.39, 0.29) is 5.56 Å². The molecule has 0 saturated heterocycles. The first-order valence-corrected chi connectivity index (χ1v) is 5.58. The predicted octanol–water partition coefficient (Wildman–Crippen LogP) is 1.82. The Morgan fingerprint density at radius 2 is 2.28 bits per heavy atom. The summed E-state index contributed by atoms with van der Waals surface area (Å²) in [5.41, 5.74) is 2.36. The summed E-state index contributed by atoms with van der Waals surface area (Å²) in [6.07, 6.45) is 5.48. The van der Waals surface area contributed by atoms with E-state index < -0.39 is 5.97 Å². The minimum Gasteiger partial charge on any atom is -0.478 e. The molecule has 6 heteroatoms. The predicted molar refractivity (Wildman–Crippen MR) is 67.1 cm³/mol. The molecule has 0 aliphatic rings. The highest BCUT2D eigenvalue weighted by Gasteiger charge is 2.12. The highest BCUT2D eigenvalue weighted by molar-refractivity contribution is 5.94. The van der Waals surface area contributed by atoms with E-state index in [1.165, 1.54) is 6.20 Å². The fourth-order valence-corrected chi connectivity index (χ4v) is 1.72. The van der Waals surface area contributed by atoms with Gasteiger partial charge in [-0.2, -0.15) is 5.10 Å². The van der Waals surface area contributed by atoms with Gasteiger partial charge in [0.15, 0.2) is 0 Å². The van der Waals surface area contributed by atoms with Crippen molar-refractivity contribution in [1.82, 2.24) is 14.8 Å². The monoisotopic (exact) mass is 246 g/mol. The van der Waals surface area contributed by atoms with Crippen molar-refractivity contribution >= 4 is 17.3 Å². The standard InChI is InChI=1S/C12H14N4O2/c1-3-9-11(7-16(2)15-9)14-10-4-5-13-6-8(10)12(17)18/h4-7H,3H2,1-2H3,(H,13,14)(H,17,18). The number of aryl methyl sites for hydroxylation is 2. The molecule has 0 atom stereocenters. The number of nitrogens with one attached hydrogen (secondary N) is 1. The number of carboxylic acid groups (broad SMARTS) is 1. The number of carboxylic acids is 1. The van der Waals surface area contributed by atoms with E-state index in [9.17, 15) is 4.79 Å². The molecule has 0 aromatic carbocycles. The van der Waals surface area contributed by atoms with Gasteiger partial charge >= 0.3 is 5.97 Å². The van der Waals surface area contributed by atoms with Gasteiger partial charge in [-0.05, 0) is 12.5 Å². The third-order valence-electron chi connectivity index (χ3n) is 2.56. The van der Waals surface area contributed by atoms with Crippen molar-refractivity contribution in [3.8, 4) is 0 Å². The number of pyridine rings is 1. The Balaban J connectivity index is 2.36. The largest absolute Gasteiger partial charge is 0.478 e. The summed E-state index contributed by atoms with van der Waals surface area (Å²) < 4.78 is 1.70. The zero-order valence-corrected chi connectivity index (χ0v) is 10.2. The zero-order valence-electron chi connectivity index (χ0n) is 10.2. The van der Waals surface area contributed by atoms with Crippen LogP contribution in [0.4, 0.5) is 11.4 Å². The highest BCUT2D eigenvalue weighted by Crippen LogP contribution is 2.22. The SMILES string of the molecule is CCc1nn(C)cc1Nc1ccncc1C(=O)O. The molecule has 0 fully saturated rings. The van der Waals surface area contributed by atoms with Crippen LogP contribution >= 0.6 is 0 Å². The molecular formula is C12H14N4O2. The van der Waals surface area contributed by atoms with E-state index in [2.05, 4.69) is 15.4 Å². The lowest BCUT2D eigenvalue weighted by atomic mass is 10.2. The molecule has 6 nitrogen and oxygen atoms in total. The molecule has 0 saturated carbocycles. The first kappa shape index (κ1) is 12.1. The van der Waals surface area contributed by atoms with Gasteiger partial charge in [0.05, 0.1) is 17.1 Å². The number of carbonyl (C=O) groups is 1. The molecule has 2 N–H and O–H groups in total. The fourth-order valence-electron chi connectivity index (χ4n) is 1.72. The fraction of sp³-hybridized carbons (Fsp3) is 0.250. The van der Waals surface area contributed by atoms with Crippen molar-refractivity contribution in [2.75, 3.05) is 5.32 Å². The molecule has 2 heterocycles. The van der Waals surface area contributed by atoms with Gasteiger partial charge in [0.2, 0.25) is 0 Å². The zero-order chi connectivity index (χ0) is 13.1. The van der Waals surface area contributed by atoms with Crippen LogP contribution in [0, 0.1) is 0 Å². The van der Waals surface area contributed by atoms with Gasteiger partial charge in [-0.15, -0.1) is 0 Å². The second-order valence-electron chi connectivity index (χ2n) is 3.87. The average molecular weight is 246 g/mol. The van der Waals surface area contributed by atoms with Crippen molar-refractivity contribution in [3.05, 3.63) is 35.9 Å². The van der Waals surface area contributed by atoms with Gasteiger partial charge in [0, 0.05) is 25.6 Å². The van der Waals surface area contributed by atoms with Gasteiger partial charge in [-0.3, -0.25) is 9.67 Å². The van der Waals surface area contributed by atoms with E-state index >= 15 is 0 Å². The normalized spacial score (nSPS) is 10.3. The molecule has 2 aromatic rings. The van der Waals surface area contributed by atoms with Crippen LogP contribution in [0.25, 0.3) is 0 Å². The van der Waals surface area contributed by atoms with Crippen LogP contribution in [0.2, 0.25) is 0 Å². The molecule has 0 spiro atoms. The van der Waals surface area contributed by atoms with Crippen molar-refractivity contribution in [3.63, 3.8) is 0 Å². The van der Waals surface area contributed by atoms with E-state index in [0.29, 0.717) is 5.69 Å². The summed E-state index contributed by atoms with van der Waals surface area (Å²) in [6, 6.07) is 1.63. The minimum atomic E-state index is -1.01. The molecule has 2 rings (SSSR count). The first-order chi connectivity index (χ1) is 8.61. The Labute approximate surface area is 104 Å². The molecule has 0 aliphatic heterocycles. The van der Waals surface area contributed by atoms with Crippen LogP contribution in [0.5, 0.6) is 0 Å². The highest BCUT2D eigenvalue weighted by atomic mass is 16.4. The second-order valence-corrected chi connectivity index (χ2v) is 3.87. The van der Waals surface area contributed by atoms with E-state index in [1.54, 1.807) is 16.9 Å². The number of hydrogen-bond donors (Lipinski definition) is 2. The van der Waals surface area contributed by atoms with Crippen LogP contribution < -0.4 is 5.32 Å². The minimum absolute atomic E-state index is 0.142. The lowest BCUT2D eigenvalue weighted by Crippen LogP contribution is -2.03. The maximum atomic E-state index is 11.1. The maximum absolute atomic E-state index is 11.1. The van der Waals surface area contributed by atoms with Gasteiger partial charge in [0.25, 0.3) is 0 Å². The summed E-state index contributed by atoms with van der Waals surface area (Å²) >= 11 is 0. The Kier molecular flexibility index (Phi) is 3.27. The Hall–Kier alpha value is -2.37. The molecule has 0 radical (unpaired) electrons. The number of aromatic nitrogens is 3. The molecular weight excluding hydrogens is 232 g/mol. The Morgan fingerprint density at radius 1 is 1.50 bits per heavy atom. The molecule has 94 valence electrons. The molecule has 0 unspecified atom stereocenters. The summed E-state index contributed by atoms with van der Waals surface area (Å²) in [5, 5.41) is 16.5. The van der Waals surface area contributed by atoms with Gasteiger partial charge in [-0.1, -0.05) is 6.92 Å². The smallest absolute Gasteiger partial charge is 0.339 e. The number of rotatable bonds is 4. The molecule has 18 heavy (non-hydrogen) atoms. The Bertz CT molecular complexity index is 577. The molecule has 2 aromatic heterocycles. The first-order valence-electron chi connectivity index (χ1n) is 5.58. The lowest BCUT2D eigenvalue weighted by Gasteiger charge is -2.07. The summed E-state index contributed by atoms with van der Waals surface area (Å²) in [4.78, 5) is 14.9. The third kappa shape index (κ3) is 2.32. The van der Waals surface area contributed by atoms with Crippen LogP contribution in [-0.2, 0) is 13.5 Å². The van der Waals surface area contributed by atoms with E-state index in [0.717, 1.165) is 17.8 Å². The lowest BCUT2D eigenvalue weighted by molar-refractivity contribution is 0.0697. The summed E-state index contributed by atoms with van der Waals surface area (Å²) in [5.74, 6) is -1.01. The molecule has 0 amide bonds. The van der Waals surface area contributed by atoms with Crippen LogP contribution in [0.1, 0.15) is 23.0 Å². The number of anilines is 2. The van der Waals surface area contributed by atoms with Crippen LogP contribution in [-0.4, -0.2) is 25.8 Å². The second kappa shape index (κ2) is 4.87. The van der Waals surface area contributed by atoms with Gasteiger partial charge in [-0.25, -0.2) is 4.79 Å². The molecule has 0 bridgehead atoms.